The maximum atomic E-state index is 13.1. The number of ether oxygens (including phenoxy) is 2. The lowest BCUT2D eigenvalue weighted by Gasteiger charge is -2.72. The first kappa shape index (κ1) is 57.3. The van der Waals surface area contributed by atoms with Crippen molar-refractivity contribution in [3.05, 3.63) is 24.3 Å². The molecule has 0 aromatic rings. The van der Waals surface area contributed by atoms with Gasteiger partial charge in [-0.1, -0.05) is 82.4 Å². The first-order valence-corrected chi connectivity index (χ1v) is 30.8. The lowest BCUT2D eigenvalue weighted by molar-refractivity contribution is -0.245. The highest BCUT2D eigenvalue weighted by Gasteiger charge is 2.73. The molecule has 1 heterocycles. The van der Waals surface area contributed by atoms with Gasteiger partial charge in [0.2, 0.25) is 0 Å². The zero-order valence-corrected chi connectivity index (χ0v) is 49.0. The Morgan fingerprint density at radius 1 is 0.514 bits per heavy atom. The summed E-state index contributed by atoms with van der Waals surface area (Å²) in [6.07, 6.45) is 26.2. The van der Waals surface area contributed by atoms with Crippen LogP contribution in [-0.4, -0.2) is 78.4 Å². The molecule has 10 saturated carbocycles. The van der Waals surface area contributed by atoms with Crippen molar-refractivity contribution in [2.75, 3.05) is 40.1 Å². The lowest BCUT2D eigenvalue weighted by Crippen LogP contribution is -2.66. The Labute approximate surface area is 450 Å². The Morgan fingerprint density at radius 2 is 0.959 bits per heavy atom. The molecule has 11 fully saturated rings. The van der Waals surface area contributed by atoms with Crippen LogP contribution in [0, 0.1) is 113 Å². The standard InChI is InChI=1S/C35H56O4.C30H48O3.CH4O/c1-23(21-36)24-12-17-35(22-39-29-9-7-8-20-38-29)19-18-33(5)25(30(24)35)10-11-27-32(4)15-14-28(37)31(2,3)26(32)13-16-34(27,33)6;1-19(17-31)20-9-14-30(18-32)16-15-28(5)21(25(20)30)7-8-23-27(4)12-11-24(33)26(2,3)22(27)10-13-29(23,28)6;1-2/h24-27,29-30,36H,1,7-22H2,2-6H3;20-23,25,31-32H,1,7-18H2,2-6H3;2H,1H3/t24-,25+,26-,27+,29?,30+,32-,33+,34+,35+;20-,21+,22-,23+,25+,27-,28+,29+,30+;/m00./s1. The number of aliphatic hydroxyl groups is 4. The summed E-state index contributed by atoms with van der Waals surface area (Å²) in [6.45, 7) is 35.5. The molecule has 11 rings (SSSR count). The van der Waals surface area contributed by atoms with Crippen molar-refractivity contribution in [2.45, 2.75) is 223 Å². The first-order chi connectivity index (χ1) is 34.8. The van der Waals surface area contributed by atoms with Crippen LogP contribution < -0.4 is 0 Å². The van der Waals surface area contributed by atoms with Gasteiger partial charge in [0.1, 0.15) is 11.6 Å². The van der Waals surface area contributed by atoms with E-state index in [1.165, 1.54) is 83.5 Å². The summed E-state index contributed by atoms with van der Waals surface area (Å²) in [5, 5.41) is 37.9. The van der Waals surface area contributed by atoms with Crippen LogP contribution in [0.2, 0.25) is 0 Å². The Bertz CT molecular complexity index is 2120. The van der Waals surface area contributed by atoms with Crippen LogP contribution >= 0.6 is 0 Å². The largest absolute Gasteiger partial charge is 0.400 e. The topological polar surface area (TPSA) is 134 Å². The van der Waals surface area contributed by atoms with Gasteiger partial charge in [0.05, 0.1) is 19.8 Å². The molecule has 0 bridgehead atoms. The van der Waals surface area contributed by atoms with Gasteiger partial charge in [-0.15, -0.1) is 0 Å². The van der Waals surface area contributed by atoms with E-state index in [1.54, 1.807) is 0 Å². The predicted octanol–water partition coefficient (Wildman–Crippen LogP) is 13.5. The minimum atomic E-state index is -0.194. The van der Waals surface area contributed by atoms with Crippen molar-refractivity contribution in [3.8, 4) is 0 Å². The number of hydrogen-bond donors (Lipinski definition) is 4. The number of carbonyl (C=O) groups is 2. The van der Waals surface area contributed by atoms with E-state index in [2.05, 4.69) is 82.4 Å². The van der Waals surface area contributed by atoms with Crippen LogP contribution in [-0.2, 0) is 19.1 Å². The molecule has 0 amide bonds. The van der Waals surface area contributed by atoms with Crippen molar-refractivity contribution in [3.63, 3.8) is 0 Å². The molecule has 0 aromatic carbocycles. The molecule has 1 unspecified atom stereocenters. The van der Waals surface area contributed by atoms with E-state index in [0.29, 0.717) is 70.7 Å². The molecule has 0 aromatic heterocycles. The molecule has 11 aliphatic rings. The van der Waals surface area contributed by atoms with E-state index in [0.717, 1.165) is 95.7 Å². The molecular formula is C66H108O8. The number of fused-ring (bicyclic) bond motifs is 14. The third-order valence-electron chi connectivity index (χ3n) is 28.2. The van der Waals surface area contributed by atoms with E-state index < -0.39 is 0 Å². The molecule has 8 heteroatoms. The van der Waals surface area contributed by atoms with E-state index >= 15 is 0 Å². The van der Waals surface area contributed by atoms with Gasteiger partial charge in [-0.3, -0.25) is 9.59 Å². The summed E-state index contributed by atoms with van der Waals surface area (Å²) in [5.74, 6) is 6.29. The first-order valence-electron chi connectivity index (χ1n) is 30.8. The van der Waals surface area contributed by atoms with E-state index in [-0.39, 0.29) is 80.3 Å². The second-order valence-electron chi connectivity index (χ2n) is 30.6. The maximum absolute atomic E-state index is 13.1. The average molecular weight is 1030 g/mol. The van der Waals surface area contributed by atoms with Gasteiger partial charge < -0.3 is 29.9 Å². The van der Waals surface area contributed by atoms with Gasteiger partial charge in [-0.2, -0.15) is 0 Å². The van der Waals surface area contributed by atoms with Gasteiger partial charge >= 0.3 is 0 Å². The molecule has 0 spiro atoms. The van der Waals surface area contributed by atoms with Crippen molar-refractivity contribution in [1.82, 2.24) is 0 Å². The molecule has 1 saturated heterocycles. The molecule has 4 N–H and O–H groups in total. The number of rotatable bonds is 8. The quantitative estimate of drug-likeness (QED) is 0.177. The second kappa shape index (κ2) is 20.0. The van der Waals surface area contributed by atoms with Crippen molar-refractivity contribution < 1.29 is 39.5 Å². The average Bonchev–Trinajstić information content (AvgIpc) is 3.98. The van der Waals surface area contributed by atoms with E-state index in [9.17, 15) is 24.9 Å². The molecule has 19 atom stereocenters. The van der Waals surface area contributed by atoms with E-state index in [4.69, 9.17) is 14.6 Å². The minimum Gasteiger partial charge on any atom is -0.400 e. The molecular weight excluding hydrogens is 921 g/mol. The third-order valence-corrected chi connectivity index (χ3v) is 28.2. The van der Waals surface area contributed by atoms with Gasteiger partial charge in [-0.25, -0.2) is 0 Å². The van der Waals surface area contributed by atoms with Crippen molar-refractivity contribution in [1.29, 1.82) is 0 Å². The summed E-state index contributed by atoms with van der Waals surface area (Å²) in [5.41, 5.74) is 3.42. The third kappa shape index (κ3) is 8.09. The SMILES string of the molecule is C=C(CO)[C@@H]1CC[C@]2(CO)CC[C@]3(C)[C@H](CC[C@@H]4[C@@]5(C)CCC(=O)C(C)(C)[C@@H]5CC[C@]43C)[C@@H]12.C=C(CO)[C@@H]1CC[C@]2(COC3CCCCO3)CC[C@]3(C)[C@H](CC[C@@H]4[C@@]5(C)CCC(=O)C(C)(C)[C@@H]5CC[C@]43C)[C@@H]12.CO. The fourth-order valence-electron chi connectivity index (χ4n) is 23.8. The van der Waals surface area contributed by atoms with Crippen LogP contribution in [0.5, 0.6) is 0 Å². The number of carbonyl (C=O) groups excluding carboxylic acids is 2. The molecule has 1 aliphatic heterocycles. The number of Topliss-reactive ketones (excluding diaryl/α,β-unsaturated/α-hetero) is 2. The summed E-state index contributed by atoms with van der Waals surface area (Å²) in [7, 11) is 1.00. The Hall–Kier alpha value is -1.42. The fourth-order valence-corrected chi connectivity index (χ4v) is 23.8. The molecule has 74 heavy (non-hydrogen) atoms. The van der Waals surface area contributed by atoms with Crippen LogP contribution in [0.1, 0.15) is 217 Å². The summed E-state index contributed by atoms with van der Waals surface area (Å²) < 4.78 is 12.6. The summed E-state index contributed by atoms with van der Waals surface area (Å²) in [6, 6.07) is 0. The molecule has 420 valence electrons. The lowest BCUT2D eigenvalue weighted by atomic mass is 9.32. The predicted molar refractivity (Wildman–Crippen MR) is 296 cm³/mol. The highest BCUT2D eigenvalue weighted by molar-refractivity contribution is 5.86. The number of aliphatic hydroxyl groups excluding tert-OH is 4. The molecule has 8 nitrogen and oxygen atoms in total. The fraction of sp³-hybridized carbons (Fsp3) is 0.909. The van der Waals surface area contributed by atoms with Crippen LogP contribution in [0.15, 0.2) is 24.3 Å². The van der Waals surface area contributed by atoms with Gasteiger partial charge in [0.25, 0.3) is 0 Å². The number of hydrogen-bond acceptors (Lipinski definition) is 8. The summed E-state index contributed by atoms with van der Waals surface area (Å²) in [4.78, 5) is 26.0. The van der Waals surface area contributed by atoms with Crippen molar-refractivity contribution >= 4 is 11.6 Å². The van der Waals surface area contributed by atoms with Crippen LogP contribution in [0.25, 0.3) is 0 Å². The normalized spacial score (nSPS) is 50.5. The second-order valence-corrected chi connectivity index (χ2v) is 30.6. The highest BCUT2D eigenvalue weighted by Crippen LogP contribution is 2.79. The Balaban J connectivity index is 0.000000178. The van der Waals surface area contributed by atoms with Crippen LogP contribution in [0.3, 0.4) is 0 Å². The van der Waals surface area contributed by atoms with Crippen molar-refractivity contribution in [2.24, 2.45) is 113 Å². The monoisotopic (exact) mass is 1030 g/mol. The Kier molecular flexibility index (Phi) is 15.5. The van der Waals surface area contributed by atoms with E-state index in [1.807, 2.05) is 0 Å². The van der Waals surface area contributed by atoms with Gasteiger partial charge in [0, 0.05) is 44.0 Å². The molecule has 0 radical (unpaired) electrons. The van der Waals surface area contributed by atoms with Crippen LogP contribution in [0.4, 0.5) is 0 Å². The van der Waals surface area contributed by atoms with Gasteiger partial charge in [-0.05, 0) is 248 Å². The smallest absolute Gasteiger partial charge is 0.157 e. The van der Waals surface area contributed by atoms with Gasteiger partial charge in [0.15, 0.2) is 6.29 Å². The minimum absolute atomic E-state index is 0.0243. The molecule has 10 aliphatic carbocycles. The Morgan fingerprint density at radius 3 is 1.39 bits per heavy atom. The highest BCUT2D eigenvalue weighted by atomic mass is 16.7. The zero-order chi connectivity index (χ0) is 53.9. The zero-order valence-electron chi connectivity index (χ0n) is 49.0. The summed E-state index contributed by atoms with van der Waals surface area (Å²) >= 11 is 0. The number of ketones is 2. The maximum Gasteiger partial charge on any atom is 0.157 e.